The van der Waals surface area contributed by atoms with E-state index in [-0.39, 0.29) is 11.5 Å². The molecule has 0 heterocycles. The zero-order valence-corrected chi connectivity index (χ0v) is 8.23. The largest absolute Gasteiger partial charge is 0.385 e. The van der Waals surface area contributed by atoms with E-state index < -0.39 is 23.1 Å². The highest BCUT2D eigenvalue weighted by Gasteiger charge is 2.53. The predicted molar refractivity (Wildman–Crippen MR) is 48.6 cm³/mol. The van der Waals surface area contributed by atoms with Crippen molar-refractivity contribution in [1.82, 2.24) is 0 Å². The van der Waals surface area contributed by atoms with Crippen molar-refractivity contribution in [2.45, 2.75) is 25.4 Å². The molecule has 1 N–H and O–H groups in total. The SMILES string of the molecule is CCC1CC1(O)c1cc(F)c(F)c(F)c1. The van der Waals surface area contributed by atoms with Gasteiger partial charge in [0.05, 0.1) is 5.60 Å². The summed E-state index contributed by atoms with van der Waals surface area (Å²) in [5, 5.41) is 9.94. The summed E-state index contributed by atoms with van der Waals surface area (Å²) in [5.74, 6) is -3.97. The highest BCUT2D eigenvalue weighted by atomic mass is 19.2. The minimum absolute atomic E-state index is 0.0155. The van der Waals surface area contributed by atoms with Crippen LogP contribution in [-0.4, -0.2) is 5.11 Å². The molecule has 0 spiro atoms. The third kappa shape index (κ3) is 1.53. The van der Waals surface area contributed by atoms with Gasteiger partial charge in [-0.15, -0.1) is 0 Å². The number of aliphatic hydroxyl groups is 1. The van der Waals surface area contributed by atoms with Crippen LogP contribution in [-0.2, 0) is 5.60 Å². The second-order valence-corrected chi connectivity index (χ2v) is 3.99. The van der Waals surface area contributed by atoms with Gasteiger partial charge in [-0.3, -0.25) is 0 Å². The quantitative estimate of drug-likeness (QED) is 0.753. The van der Waals surface area contributed by atoms with Gasteiger partial charge in [0.2, 0.25) is 0 Å². The number of benzene rings is 1. The van der Waals surface area contributed by atoms with Crippen molar-refractivity contribution in [2.75, 3.05) is 0 Å². The molecule has 2 rings (SSSR count). The van der Waals surface area contributed by atoms with Crippen LogP contribution in [0.2, 0.25) is 0 Å². The van der Waals surface area contributed by atoms with Gasteiger partial charge in [-0.05, 0) is 30.0 Å². The topological polar surface area (TPSA) is 20.2 Å². The first-order chi connectivity index (χ1) is 6.99. The summed E-state index contributed by atoms with van der Waals surface area (Å²) in [6.45, 7) is 1.89. The summed E-state index contributed by atoms with van der Waals surface area (Å²) in [7, 11) is 0. The maximum atomic E-state index is 12.9. The first kappa shape index (κ1) is 10.5. The maximum absolute atomic E-state index is 12.9. The van der Waals surface area contributed by atoms with E-state index in [9.17, 15) is 18.3 Å². The molecule has 0 bridgehead atoms. The molecule has 1 aliphatic rings. The lowest BCUT2D eigenvalue weighted by molar-refractivity contribution is 0.129. The molecule has 1 aliphatic carbocycles. The zero-order valence-electron chi connectivity index (χ0n) is 8.23. The average Bonchev–Trinajstić information content (AvgIpc) is 2.87. The molecule has 4 heteroatoms. The Morgan fingerprint density at radius 3 is 2.27 bits per heavy atom. The number of hydrogen-bond acceptors (Lipinski definition) is 1. The average molecular weight is 216 g/mol. The van der Waals surface area contributed by atoms with Crippen molar-refractivity contribution < 1.29 is 18.3 Å². The molecule has 1 aromatic carbocycles. The van der Waals surface area contributed by atoms with Gasteiger partial charge in [0.1, 0.15) is 0 Å². The van der Waals surface area contributed by atoms with E-state index in [1.165, 1.54) is 0 Å². The van der Waals surface area contributed by atoms with Crippen LogP contribution in [0.5, 0.6) is 0 Å². The van der Waals surface area contributed by atoms with Crippen LogP contribution in [0.25, 0.3) is 0 Å². The lowest BCUT2D eigenvalue weighted by atomic mass is 10.0. The summed E-state index contributed by atoms with van der Waals surface area (Å²) in [6, 6.07) is 1.74. The molecule has 0 aliphatic heterocycles. The normalized spacial score (nSPS) is 29.3. The highest BCUT2D eigenvalue weighted by molar-refractivity contribution is 5.31. The Morgan fingerprint density at radius 1 is 1.33 bits per heavy atom. The molecule has 0 aromatic heterocycles. The Labute approximate surface area is 85.5 Å². The van der Waals surface area contributed by atoms with Gasteiger partial charge in [-0.25, -0.2) is 13.2 Å². The highest BCUT2D eigenvalue weighted by Crippen LogP contribution is 2.53. The Bertz CT molecular complexity index is 382. The van der Waals surface area contributed by atoms with Crippen LogP contribution in [0, 0.1) is 23.4 Å². The number of hydrogen-bond donors (Lipinski definition) is 1. The molecule has 0 amide bonds. The van der Waals surface area contributed by atoms with E-state index in [0.29, 0.717) is 6.42 Å². The molecular formula is C11H11F3O. The van der Waals surface area contributed by atoms with Crippen LogP contribution < -0.4 is 0 Å². The van der Waals surface area contributed by atoms with Crippen molar-refractivity contribution in [3.05, 3.63) is 35.1 Å². The van der Waals surface area contributed by atoms with Crippen molar-refractivity contribution in [3.8, 4) is 0 Å². The molecule has 1 nitrogen and oxygen atoms in total. The van der Waals surface area contributed by atoms with Crippen LogP contribution in [0.1, 0.15) is 25.3 Å². The number of rotatable bonds is 2. The van der Waals surface area contributed by atoms with Gasteiger partial charge in [-0.2, -0.15) is 0 Å². The van der Waals surface area contributed by atoms with Gasteiger partial charge in [0.25, 0.3) is 0 Å². The fourth-order valence-electron chi connectivity index (χ4n) is 1.96. The molecule has 0 saturated heterocycles. The molecule has 2 atom stereocenters. The second kappa shape index (κ2) is 3.23. The van der Waals surface area contributed by atoms with Crippen LogP contribution >= 0.6 is 0 Å². The van der Waals surface area contributed by atoms with Crippen molar-refractivity contribution in [1.29, 1.82) is 0 Å². The lowest BCUT2D eigenvalue weighted by Gasteiger charge is -2.11. The van der Waals surface area contributed by atoms with Gasteiger partial charge < -0.3 is 5.11 Å². The van der Waals surface area contributed by atoms with E-state index in [0.717, 1.165) is 18.6 Å². The van der Waals surface area contributed by atoms with Crippen molar-refractivity contribution in [3.63, 3.8) is 0 Å². The van der Waals surface area contributed by atoms with Gasteiger partial charge in [-0.1, -0.05) is 13.3 Å². The van der Waals surface area contributed by atoms with Crippen LogP contribution in [0.3, 0.4) is 0 Å². The fourth-order valence-corrected chi connectivity index (χ4v) is 1.96. The maximum Gasteiger partial charge on any atom is 0.194 e. The second-order valence-electron chi connectivity index (χ2n) is 3.99. The Hall–Kier alpha value is -1.03. The standard InChI is InChI=1S/C11H11F3O/c1-2-6-5-11(6,15)7-3-8(12)10(14)9(13)4-7/h3-4,6,15H,2,5H2,1H3. The molecule has 0 radical (unpaired) electrons. The minimum Gasteiger partial charge on any atom is -0.385 e. The molecule has 1 aromatic rings. The third-order valence-electron chi connectivity index (χ3n) is 3.05. The molecule has 82 valence electrons. The molecular weight excluding hydrogens is 205 g/mol. The zero-order chi connectivity index (χ0) is 11.2. The van der Waals surface area contributed by atoms with Gasteiger partial charge in [0, 0.05) is 0 Å². The van der Waals surface area contributed by atoms with E-state index >= 15 is 0 Å². The first-order valence-corrected chi connectivity index (χ1v) is 4.86. The van der Waals surface area contributed by atoms with Crippen LogP contribution in [0.4, 0.5) is 13.2 Å². The van der Waals surface area contributed by atoms with E-state index in [4.69, 9.17) is 0 Å². The smallest absolute Gasteiger partial charge is 0.194 e. The van der Waals surface area contributed by atoms with E-state index in [1.54, 1.807) is 0 Å². The first-order valence-electron chi connectivity index (χ1n) is 4.86. The summed E-state index contributed by atoms with van der Waals surface area (Å²) in [6.07, 6.45) is 1.21. The Balaban J connectivity index is 2.39. The number of halogens is 3. The van der Waals surface area contributed by atoms with E-state index in [2.05, 4.69) is 0 Å². The molecule has 1 saturated carbocycles. The summed E-state index contributed by atoms with van der Waals surface area (Å²) in [4.78, 5) is 0. The van der Waals surface area contributed by atoms with Gasteiger partial charge >= 0.3 is 0 Å². The van der Waals surface area contributed by atoms with E-state index in [1.807, 2.05) is 6.92 Å². The summed E-state index contributed by atoms with van der Waals surface area (Å²) in [5.41, 5.74) is -1.03. The summed E-state index contributed by atoms with van der Waals surface area (Å²) >= 11 is 0. The molecule has 15 heavy (non-hydrogen) atoms. The van der Waals surface area contributed by atoms with Gasteiger partial charge in [0.15, 0.2) is 17.5 Å². The predicted octanol–water partition coefficient (Wildman–Crippen LogP) is 2.72. The Morgan fingerprint density at radius 2 is 1.87 bits per heavy atom. The fraction of sp³-hybridized carbons (Fsp3) is 0.455. The lowest BCUT2D eigenvalue weighted by Crippen LogP contribution is -2.10. The van der Waals surface area contributed by atoms with Crippen molar-refractivity contribution >= 4 is 0 Å². The minimum atomic E-state index is -1.49. The monoisotopic (exact) mass is 216 g/mol. The van der Waals surface area contributed by atoms with Crippen molar-refractivity contribution in [2.24, 2.45) is 5.92 Å². The summed E-state index contributed by atoms with van der Waals surface area (Å²) < 4.78 is 38.5. The molecule has 2 unspecified atom stereocenters. The molecule has 1 fully saturated rings. The van der Waals surface area contributed by atoms with Crippen LogP contribution in [0.15, 0.2) is 12.1 Å². The third-order valence-corrected chi connectivity index (χ3v) is 3.05. The Kier molecular flexibility index (Phi) is 2.26.